The Morgan fingerprint density at radius 1 is 1.43 bits per heavy atom. The van der Waals surface area contributed by atoms with Gasteiger partial charge in [0, 0.05) is 31.0 Å². The zero-order valence-corrected chi connectivity index (χ0v) is 8.07. The predicted molar refractivity (Wildman–Crippen MR) is 54.6 cm³/mol. The summed E-state index contributed by atoms with van der Waals surface area (Å²) in [6.45, 7) is 0. The molecule has 0 saturated carbocycles. The van der Waals surface area contributed by atoms with Crippen LogP contribution in [0.2, 0.25) is 0 Å². The molecule has 0 aliphatic rings. The molecule has 1 aromatic carbocycles. The molecule has 0 amide bonds. The minimum atomic E-state index is 0.545. The third kappa shape index (κ3) is 1.35. The van der Waals surface area contributed by atoms with Crippen molar-refractivity contribution < 1.29 is 0 Å². The molecule has 0 aliphatic carbocycles. The van der Waals surface area contributed by atoms with Gasteiger partial charge in [-0.15, -0.1) is 0 Å². The summed E-state index contributed by atoms with van der Waals surface area (Å²) in [5, 5.41) is 14.1. The molecule has 1 aromatic heterocycles. The highest BCUT2D eigenvalue weighted by Gasteiger charge is 2.06. The van der Waals surface area contributed by atoms with Crippen molar-refractivity contribution in [2.45, 2.75) is 12.8 Å². The Morgan fingerprint density at radius 3 is 3.00 bits per heavy atom. The van der Waals surface area contributed by atoms with Gasteiger partial charge in [0.2, 0.25) is 0 Å². The summed E-state index contributed by atoms with van der Waals surface area (Å²) in [5.74, 6) is 0. The fourth-order valence-corrected chi connectivity index (χ4v) is 1.67. The van der Waals surface area contributed by atoms with Gasteiger partial charge < -0.3 is 0 Å². The Balaban J connectivity index is 2.52. The van der Waals surface area contributed by atoms with Gasteiger partial charge >= 0.3 is 0 Å². The maximum Gasteiger partial charge on any atom is 0.0926 e. The molecule has 0 unspecified atom stereocenters. The molecular weight excluding hydrogens is 174 g/mol. The van der Waals surface area contributed by atoms with Crippen LogP contribution in [-0.4, -0.2) is 9.78 Å². The van der Waals surface area contributed by atoms with Crippen molar-refractivity contribution in [2.75, 3.05) is 0 Å². The second-order valence-electron chi connectivity index (χ2n) is 3.25. The molecule has 14 heavy (non-hydrogen) atoms. The SMILES string of the molecule is Cn1nc2ccccc2c1CCC#N. The van der Waals surface area contributed by atoms with Crippen LogP contribution < -0.4 is 0 Å². The predicted octanol–water partition coefficient (Wildman–Crippen LogP) is 2.03. The van der Waals surface area contributed by atoms with E-state index >= 15 is 0 Å². The third-order valence-electron chi connectivity index (χ3n) is 2.34. The number of nitriles is 1. The van der Waals surface area contributed by atoms with Gasteiger partial charge in [0.05, 0.1) is 11.6 Å². The molecule has 0 fully saturated rings. The van der Waals surface area contributed by atoms with Crippen LogP contribution in [0.5, 0.6) is 0 Å². The maximum atomic E-state index is 8.55. The average Bonchev–Trinajstić information content (AvgIpc) is 2.51. The van der Waals surface area contributed by atoms with E-state index in [0.29, 0.717) is 6.42 Å². The van der Waals surface area contributed by atoms with Crippen LogP contribution in [0.3, 0.4) is 0 Å². The van der Waals surface area contributed by atoms with Crippen LogP contribution in [-0.2, 0) is 13.5 Å². The van der Waals surface area contributed by atoms with E-state index in [1.165, 1.54) is 0 Å². The number of hydrogen-bond donors (Lipinski definition) is 0. The summed E-state index contributed by atoms with van der Waals surface area (Å²) in [4.78, 5) is 0. The van der Waals surface area contributed by atoms with E-state index in [-0.39, 0.29) is 0 Å². The summed E-state index contributed by atoms with van der Waals surface area (Å²) in [6.07, 6.45) is 1.32. The topological polar surface area (TPSA) is 41.6 Å². The Kier molecular flexibility index (Phi) is 2.19. The lowest BCUT2D eigenvalue weighted by Crippen LogP contribution is -1.97. The van der Waals surface area contributed by atoms with E-state index in [0.717, 1.165) is 23.0 Å². The van der Waals surface area contributed by atoms with Crippen molar-refractivity contribution in [3.05, 3.63) is 30.0 Å². The highest BCUT2D eigenvalue weighted by atomic mass is 15.3. The largest absolute Gasteiger partial charge is 0.271 e. The van der Waals surface area contributed by atoms with Crippen molar-refractivity contribution >= 4 is 10.9 Å². The first kappa shape index (κ1) is 8.76. The maximum absolute atomic E-state index is 8.55. The van der Waals surface area contributed by atoms with Gasteiger partial charge in [0.1, 0.15) is 0 Å². The Morgan fingerprint density at radius 2 is 2.21 bits per heavy atom. The minimum Gasteiger partial charge on any atom is -0.271 e. The Labute approximate surface area is 82.6 Å². The molecule has 2 aromatic rings. The molecule has 2 rings (SSSR count). The van der Waals surface area contributed by atoms with Crippen molar-refractivity contribution in [2.24, 2.45) is 7.05 Å². The number of fused-ring (bicyclic) bond motifs is 1. The first-order valence-corrected chi connectivity index (χ1v) is 4.60. The van der Waals surface area contributed by atoms with Gasteiger partial charge in [0.25, 0.3) is 0 Å². The summed E-state index contributed by atoms with van der Waals surface area (Å²) in [5.41, 5.74) is 2.14. The molecule has 0 aliphatic heterocycles. The van der Waals surface area contributed by atoms with E-state index in [4.69, 9.17) is 5.26 Å². The molecule has 0 radical (unpaired) electrons. The third-order valence-corrected chi connectivity index (χ3v) is 2.34. The fourth-order valence-electron chi connectivity index (χ4n) is 1.67. The quantitative estimate of drug-likeness (QED) is 0.718. The summed E-state index contributed by atoms with van der Waals surface area (Å²) in [6, 6.07) is 10.2. The van der Waals surface area contributed by atoms with Gasteiger partial charge in [-0.1, -0.05) is 18.2 Å². The van der Waals surface area contributed by atoms with Gasteiger partial charge in [-0.2, -0.15) is 10.4 Å². The van der Waals surface area contributed by atoms with Gasteiger partial charge in [-0.3, -0.25) is 4.68 Å². The molecule has 0 N–H and O–H groups in total. The number of hydrogen-bond acceptors (Lipinski definition) is 2. The lowest BCUT2D eigenvalue weighted by Gasteiger charge is -1.97. The standard InChI is InChI=1S/C11H11N3/c1-14-11(7-4-8-12)9-5-2-3-6-10(9)13-14/h2-3,5-6H,4,7H2,1H3. The molecule has 0 saturated heterocycles. The molecule has 70 valence electrons. The molecule has 3 heteroatoms. The Bertz CT molecular complexity index is 491. The van der Waals surface area contributed by atoms with Crippen molar-refractivity contribution in [3.63, 3.8) is 0 Å². The van der Waals surface area contributed by atoms with Crippen LogP contribution in [0.4, 0.5) is 0 Å². The second-order valence-corrected chi connectivity index (χ2v) is 3.25. The minimum absolute atomic E-state index is 0.545. The molecule has 0 atom stereocenters. The van der Waals surface area contributed by atoms with Crippen LogP contribution in [0.15, 0.2) is 24.3 Å². The number of aromatic nitrogens is 2. The van der Waals surface area contributed by atoms with E-state index in [2.05, 4.69) is 17.2 Å². The smallest absolute Gasteiger partial charge is 0.0926 e. The first-order chi connectivity index (χ1) is 6.83. The normalized spacial score (nSPS) is 10.3. The zero-order chi connectivity index (χ0) is 9.97. The first-order valence-electron chi connectivity index (χ1n) is 4.60. The fraction of sp³-hybridized carbons (Fsp3) is 0.273. The number of benzene rings is 1. The Hall–Kier alpha value is -1.82. The molecule has 0 bridgehead atoms. The van der Waals surface area contributed by atoms with Crippen LogP contribution >= 0.6 is 0 Å². The highest BCUT2D eigenvalue weighted by Crippen LogP contribution is 2.18. The zero-order valence-electron chi connectivity index (χ0n) is 8.07. The molecule has 0 spiro atoms. The van der Waals surface area contributed by atoms with Gasteiger partial charge in [-0.25, -0.2) is 0 Å². The van der Waals surface area contributed by atoms with Crippen molar-refractivity contribution in [1.82, 2.24) is 9.78 Å². The van der Waals surface area contributed by atoms with E-state index < -0.39 is 0 Å². The van der Waals surface area contributed by atoms with Gasteiger partial charge in [-0.05, 0) is 6.07 Å². The van der Waals surface area contributed by atoms with E-state index in [1.807, 2.05) is 29.9 Å². The summed E-state index contributed by atoms with van der Waals surface area (Å²) >= 11 is 0. The number of rotatable bonds is 2. The molecule has 1 heterocycles. The van der Waals surface area contributed by atoms with Crippen molar-refractivity contribution in [3.8, 4) is 6.07 Å². The van der Waals surface area contributed by atoms with Crippen LogP contribution in [0.25, 0.3) is 10.9 Å². The number of nitrogens with zero attached hydrogens (tertiary/aromatic N) is 3. The second kappa shape index (κ2) is 3.51. The summed E-state index contributed by atoms with van der Waals surface area (Å²) in [7, 11) is 1.92. The van der Waals surface area contributed by atoms with Crippen LogP contribution in [0.1, 0.15) is 12.1 Å². The monoisotopic (exact) mass is 185 g/mol. The van der Waals surface area contributed by atoms with Gasteiger partial charge in [0.15, 0.2) is 0 Å². The average molecular weight is 185 g/mol. The summed E-state index contributed by atoms with van der Waals surface area (Å²) < 4.78 is 1.86. The molecular formula is C11H11N3. The van der Waals surface area contributed by atoms with E-state index in [1.54, 1.807) is 0 Å². The van der Waals surface area contributed by atoms with E-state index in [9.17, 15) is 0 Å². The number of aryl methyl sites for hydroxylation is 2. The lowest BCUT2D eigenvalue weighted by atomic mass is 10.1. The van der Waals surface area contributed by atoms with Crippen LogP contribution in [0, 0.1) is 11.3 Å². The lowest BCUT2D eigenvalue weighted by molar-refractivity contribution is 0.718. The highest BCUT2D eigenvalue weighted by molar-refractivity contribution is 5.81. The molecule has 3 nitrogen and oxygen atoms in total. The van der Waals surface area contributed by atoms with Crippen molar-refractivity contribution in [1.29, 1.82) is 5.26 Å².